The fourth-order valence-corrected chi connectivity index (χ4v) is 5.46. The minimum atomic E-state index is -1.11. The third-order valence-electron chi connectivity index (χ3n) is 7.66. The van der Waals surface area contributed by atoms with E-state index in [2.05, 4.69) is 49.9 Å². The number of hydrogen-bond acceptors (Lipinski definition) is 3. The van der Waals surface area contributed by atoms with E-state index in [1.54, 1.807) is 0 Å². The van der Waals surface area contributed by atoms with E-state index < -0.39 is 11.3 Å². The molecule has 0 saturated carbocycles. The predicted octanol–water partition coefficient (Wildman–Crippen LogP) is 6.72. The Hall–Kier alpha value is -2.46. The summed E-state index contributed by atoms with van der Waals surface area (Å²) in [5.74, 6) is 0. The largest absolute Gasteiger partial charge is 0.380 e. The van der Waals surface area contributed by atoms with Gasteiger partial charge >= 0.3 is 0 Å². The molecule has 3 nitrogen and oxygen atoms in total. The second-order valence-corrected chi connectivity index (χ2v) is 11.1. The average Bonchev–Trinajstić information content (AvgIpc) is 2.89. The Balaban J connectivity index is 1.61. The summed E-state index contributed by atoms with van der Waals surface area (Å²) >= 11 is 0. The molecule has 0 amide bonds. The molecule has 2 unspecified atom stereocenters. The molecular formula is C32H41NO2. The summed E-state index contributed by atoms with van der Waals surface area (Å²) in [4.78, 5) is 2.24. The molecule has 186 valence electrons. The van der Waals surface area contributed by atoms with Gasteiger partial charge in [0.25, 0.3) is 0 Å². The molecule has 1 heterocycles. The zero-order valence-electron chi connectivity index (χ0n) is 21.6. The van der Waals surface area contributed by atoms with Crippen LogP contribution in [0, 0.1) is 0 Å². The average molecular weight is 472 g/mol. The Morgan fingerprint density at radius 2 is 1.09 bits per heavy atom. The standard InChI is InChI=1S/C32H41NO2/c1-30(2,3)26-18-20-28(21-19-26)31(34,27-14-7-4-8-15-27)22-13-23-32(35,29-16-9-5-10-17-29)33-24-11-6-12-25-33/h4-5,7-10,14-21,34-35H,6,11-13,22-25H2,1-3H3. The van der Waals surface area contributed by atoms with E-state index in [0.29, 0.717) is 19.3 Å². The van der Waals surface area contributed by atoms with E-state index >= 15 is 0 Å². The van der Waals surface area contributed by atoms with Crippen molar-refractivity contribution < 1.29 is 10.2 Å². The Kier molecular flexibility index (Phi) is 7.80. The number of rotatable bonds is 8. The molecule has 3 heteroatoms. The summed E-state index contributed by atoms with van der Waals surface area (Å²) in [6, 6.07) is 28.4. The first-order valence-electron chi connectivity index (χ1n) is 13.2. The highest BCUT2D eigenvalue weighted by Crippen LogP contribution is 2.39. The van der Waals surface area contributed by atoms with Crippen LogP contribution >= 0.6 is 0 Å². The Morgan fingerprint density at radius 3 is 1.63 bits per heavy atom. The highest BCUT2D eigenvalue weighted by Gasteiger charge is 2.38. The quantitative estimate of drug-likeness (QED) is 0.383. The summed E-state index contributed by atoms with van der Waals surface area (Å²) in [5, 5.41) is 24.1. The van der Waals surface area contributed by atoms with Crippen LogP contribution in [0.4, 0.5) is 0 Å². The van der Waals surface area contributed by atoms with Crippen LogP contribution < -0.4 is 0 Å². The van der Waals surface area contributed by atoms with Crippen molar-refractivity contribution in [3.8, 4) is 0 Å². The minimum Gasteiger partial charge on any atom is -0.380 e. The lowest BCUT2D eigenvalue weighted by molar-refractivity contribution is -0.132. The van der Waals surface area contributed by atoms with Gasteiger partial charge in [0.05, 0.1) is 0 Å². The van der Waals surface area contributed by atoms with Crippen molar-refractivity contribution in [2.24, 2.45) is 0 Å². The van der Waals surface area contributed by atoms with Gasteiger partial charge in [-0.1, -0.05) is 112 Å². The van der Waals surface area contributed by atoms with Crippen molar-refractivity contribution in [2.45, 2.75) is 76.0 Å². The van der Waals surface area contributed by atoms with Crippen LogP contribution in [-0.2, 0) is 16.7 Å². The summed E-state index contributed by atoms with van der Waals surface area (Å²) < 4.78 is 0. The summed E-state index contributed by atoms with van der Waals surface area (Å²) in [7, 11) is 0. The molecule has 1 saturated heterocycles. The maximum Gasteiger partial charge on any atom is 0.144 e. The molecule has 0 aliphatic carbocycles. The van der Waals surface area contributed by atoms with Crippen molar-refractivity contribution in [2.75, 3.05) is 13.1 Å². The van der Waals surface area contributed by atoms with Crippen LogP contribution in [0.25, 0.3) is 0 Å². The SMILES string of the molecule is CC(C)(C)c1ccc(C(O)(CCCC(O)(c2ccccc2)N2CCCCC2)c2ccccc2)cc1. The molecule has 4 rings (SSSR count). The lowest BCUT2D eigenvalue weighted by Gasteiger charge is -2.43. The van der Waals surface area contributed by atoms with Gasteiger partial charge in [0, 0.05) is 13.1 Å². The molecular weight excluding hydrogens is 430 g/mol. The van der Waals surface area contributed by atoms with Crippen molar-refractivity contribution in [1.29, 1.82) is 0 Å². The molecule has 0 spiro atoms. The first-order chi connectivity index (χ1) is 16.7. The van der Waals surface area contributed by atoms with Crippen LogP contribution in [0.1, 0.15) is 81.5 Å². The van der Waals surface area contributed by atoms with Crippen LogP contribution in [0.5, 0.6) is 0 Å². The van der Waals surface area contributed by atoms with Gasteiger partial charge in [-0.3, -0.25) is 4.90 Å². The zero-order chi connectivity index (χ0) is 24.9. The van der Waals surface area contributed by atoms with Crippen LogP contribution in [0.15, 0.2) is 84.9 Å². The van der Waals surface area contributed by atoms with Gasteiger partial charge in [-0.25, -0.2) is 0 Å². The van der Waals surface area contributed by atoms with Crippen LogP contribution in [0.3, 0.4) is 0 Å². The normalized spacial score (nSPS) is 18.5. The fourth-order valence-electron chi connectivity index (χ4n) is 5.46. The Morgan fingerprint density at radius 1 is 0.600 bits per heavy atom. The number of hydrogen-bond donors (Lipinski definition) is 2. The summed E-state index contributed by atoms with van der Waals surface area (Å²) in [6.45, 7) is 8.43. The van der Waals surface area contributed by atoms with Gasteiger partial charge in [-0.15, -0.1) is 0 Å². The fraction of sp³-hybridized carbons (Fsp3) is 0.438. The third-order valence-corrected chi connectivity index (χ3v) is 7.66. The van der Waals surface area contributed by atoms with Gasteiger partial charge in [-0.05, 0) is 59.8 Å². The highest BCUT2D eigenvalue weighted by molar-refractivity contribution is 5.38. The number of likely N-dealkylation sites (tertiary alicyclic amines) is 1. The van der Waals surface area contributed by atoms with E-state index in [1.807, 2.05) is 60.7 Å². The zero-order valence-corrected chi connectivity index (χ0v) is 21.6. The number of nitrogens with zero attached hydrogens (tertiary/aromatic N) is 1. The van der Waals surface area contributed by atoms with Crippen molar-refractivity contribution in [1.82, 2.24) is 4.90 Å². The summed E-state index contributed by atoms with van der Waals surface area (Å²) in [5.41, 5.74) is 1.92. The first kappa shape index (κ1) is 25.6. The topological polar surface area (TPSA) is 43.7 Å². The molecule has 3 aromatic rings. The molecule has 35 heavy (non-hydrogen) atoms. The molecule has 0 bridgehead atoms. The molecule has 1 fully saturated rings. The number of benzene rings is 3. The molecule has 2 atom stereocenters. The molecule has 0 aromatic heterocycles. The van der Waals surface area contributed by atoms with E-state index in [-0.39, 0.29) is 5.41 Å². The molecule has 1 aliphatic heterocycles. The van der Waals surface area contributed by atoms with E-state index in [1.165, 1.54) is 12.0 Å². The summed E-state index contributed by atoms with van der Waals surface area (Å²) in [6.07, 6.45) is 5.25. The van der Waals surface area contributed by atoms with Gasteiger partial charge in [0.1, 0.15) is 11.3 Å². The van der Waals surface area contributed by atoms with E-state index in [4.69, 9.17) is 0 Å². The minimum absolute atomic E-state index is 0.0595. The third kappa shape index (κ3) is 5.69. The molecule has 1 aliphatic rings. The molecule has 2 N–H and O–H groups in total. The highest BCUT2D eigenvalue weighted by atomic mass is 16.3. The monoisotopic (exact) mass is 471 g/mol. The lowest BCUT2D eigenvalue weighted by atomic mass is 9.79. The van der Waals surface area contributed by atoms with Crippen LogP contribution in [-0.4, -0.2) is 28.2 Å². The Labute approximate surface area is 211 Å². The second kappa shape index (κ2) is 10.7. The van der Waals surface area contributed by atoms with Gasteiger partial charge in [0.2, 0.25) is 0 Å². The molecule has 3 aromatic carbocycles. The van der Waals surface area contributed by atoms with Crippen molar-refractivity contribution in [3.05, 3.63) is 107 Å². The van der Waals surface area contributed by atoms with Gasteiger partial charge < -0.3 is 10.2 Å². The maximum absolute atomic E-state index is 12.1. The van der Waals surface area contributed by atoms with Crippen molar-refractivity contribution >= 4 is 0 Å². The number of piperidine rings is 1. The van der Waals surface area contributed by atoms with Gasteiger partial charge in [-0.2, -0.15) is 0 Å². The lowest BCUT2D eigenvalue weighted by Crippen LogP contribution is -2.48. The Bertz CT molecular complexity index is 1050. The molecule has 0 radical (unpaired) electrons. The van der Waals surface area contributed by atoms with Crippen molar-refractivity contribution in [3.63, 3.8) is 0 Å². The predicted molar refractivity (Wildman–Crippen MR) is 144 cm³/mol. The van der Waals surface area contributed by atoms with E-state index in [9.17, 15) is 10.2 Å². The second-order valence-electron chi connectivity index (χ2n) is 11.1. The maximum atomic E-state index is 12.1. The first-order valence-corrected chi connectivity index (χ1v) is 13.2. The van der Waals surface area contributed by atoms with Gasteiger partial charge in [0.15, 0.2) is 0 Å². The van der Waals surface area contributed by atoms with Crippen LogP contribution in [0.2, 0.25) is 0 Å². The van der Waals surface area contributed by atoms with E-state index in [0.717, 1.165) is 42.6 Å². The number of aliphatic hydroxyl groups is 2. The smallest absolute Gasteiger partial charge is 0.144 e.